The van der Waals surface area contributed by atoms with Crippen LogP contribution in [0.1, 0.15) is 25.5 Å². The van der Waals surface area contributed by atoms with Gasteiger partial charge in [0.15, 0.2) is 0 Å². The van der Waals surface area contributed by atoms with Crippen molar-refractivity contribution in [1.29, 1.82) is 0 Å². The van der Waals surface area contributed by atoms with Crippen LogP contribution in [0, 0.1) is 0 Å². The van der Waals surface area contributed by atoms with E-state index in [4.69, 9.17) is 5.11 Å². The summed E-state index contributed by atoms with van der Waals surface area (Å²) in [6.07, 6.45) is 3.48. The Hall–Kier alpha value is -1.04. The number of carboxylic acids is 1. The SMILES string of the molecule is CCSCCCn1cc(CCC(=O)O)nn1. The lowest BCUT2D eigenvalue weighted by molar-refractivity contribution is -0.136. The monoisotopic (exact) mass is 243 g/mol. The van der Waals surface area contributed by atoms with Gasteiger partial charge < -0.3 is 5.11 Å². The number of hydrogen-bond acceptors (Lipinski definition) is 4. The molecule has 1 rings (SSSR count). The van der Waals surface area contributed by atoms with Gasteiger partial charge in [0, 0.05) is 19.2 Å². The highest BCUT2D eigenvalue weighted by Crippen LogP contribution is 2.03. The summed E-state index contributed by atoms with van der Waals surface area (Å²) in [5, 5.41) is 16.4. The molecule has 0 aliphatic heterocycles. The minimum absolute atomic E-state index is 0.115. The van der Waals surface area contributed by atoms with Crippen LogP contribution in [-0.2, 0) is 17.8 Å². The fraction of sp³-hybridized carbons (Fsp3) is 0.700. The van der Waals surface area contributed by atoms with Crippen LogP contribution in [0.3, 0.4) is 0 Å². The number of carboxylic acid groups (broad SMARTS) is 1. The lowest BCUT2D eigenvalue weighted by Gasteiger charge is -1.98. The Labute approximate surface area is 99.2 Å². The maximum Gasteiger partial charge on any atom is 0.303 e. The first-order chi connectivity index (χ1) is 7.72. The second kappa shape index (κ2) is 7.27. The molecule has 0 aliphatic rings. The Kier molecular flexibility index (Phi) is 5.92. The minimum Gasteiger partial charge on any atom is -0.481 e. The molecule has 1 N–H and O–H groups in total. The first-order valence-corrected chi connectivity index (χ1v) is 6.56. The lowest BCUT2D eigenvalue weighted by atomic mass is 10.2. The second-order valence-electron chi connectivity index (χ2n) is 3.42. The smallest absolute Gasteiger partial charge is 0.303 e. The van der Waals surface area contributed by atoms with Gasteiger partial charge in [0.2, 0.25) is 0 Å². The first kappa shape index (κ1) is 13.0. The van der Waals surface area contributed by atoms with Gasteiger partial charge in [-0.25, -0.2) is 0 Å². The van der Waals surface area contributed by atoms with Gasteiger partial charge in [-0.2, -0.15) is 11.8 Å². The fourth-order valence-electron chi connectivity index (χ4n) is 1.27. The van der Waals surface area contributed by atoms with Crippen molar-refractivity contribution in [2.24, 2.45) is 0 Å². The van der Waals surface area contributed by atoms with Crippen molar-refractivity contribution >= 4 is 17.7 Å². The van der Waals surface area contributed by atoms with E-state index >= 15 is 0 Å². The zero-order valence-electron chi connectivity index (χ0n) is 9.43. The molecule has 0 fully saturated rings. The molecule has 90 valence electrons. The standard InChI is InChI=1S/C10H17N3O2S/c1-2-16-7-3-6-13-8-9(11-12-13)4-5-10(14)15/h8H,2-7H2,1H3,(H,14,15). The Morgan fingerprint density at radius 2 is 2.44 bits per heavy atom. The molecular weight excluding hydrogens is 226 g/mol. The van der Waals surface area contributed by atoms with Gasteiger partial charge in [0.1, 0.15) is 0 Å². The fourth-order valence-corrected chi connectivity index (χ4v) is 1.89. The van der Waals surface area contributed by atoms with Crippen molar-refractivity contribution in [2.75, 3.05) is 11.5 Å². The molecule has 16 heavy (non-hydrogen) atoms. The summed E-state index contributed by atoms with van der Waals surface area (Å²) in [5.41, 5.74) is 0.755. The van der Waals surface area contributed by atoms with E-state index in [0.717, 1.165) is 30.2 Å². The van der Waals surface area contributed by atoms with Crippen LogP contribution < -0.4 is 0 Å². The third kappa shape index (κ3) is 5.16. The molecule has 1 heterocycles. The molecule has 5 nitrogen and oxygen atoms in total. The van der Waals surface area contributed by atoms with Crippen LogP contribution in [0.15, 0.2) is 6.20 Å². The summed E-state index contributed by atoms with van der Waals surface area (Å²) in [6, 6.07) is 0. The molecule has 6 heteroatoms. The van der Waals surface area contributed by atoms with Crippen LogP contribution in [0.25, 0.3) is 0 Å². The molecule has 1 aromatic heterocycles. The van der Waals surface area contributed by atoms with Crippen molar-refractivity contribution in [3.05, 3.63) is 11.9 Å². The number of thioether (sulfide) groups is 1. The van der Waals surface area contributed by atoms with Gasteiger partial charge in [-0.3, -0.25) is 9.48 Å². The average Bonchev–Trinajstić information content (AvgIpc) is 2.70. The summed E-state index contributed by atoms with van der Waals surface area (Å²) in [6.45, 7) is 3.00. The summed E-state index contributed by atoms with van der Waals surface area (Å²) in [7, 11) is 0. The van der Waals surface area contributed by atoms with E-state index in [1.165, 1.54) is 0 Å². The van der Waals surface area contributed by atoms with E-state index in [1.54, 1.807) is 4.68 Å². The number of hydrogen-bond donors (Lipinski definition) is 1. The first-order valence-electron chi connectivity index (χ1n) is 5.41. The van der Waals surface area contributed by atoms with Crippen LogP contribution in [0.5, 0.6) is 0 Å². The summed E-state index contributed by atoms with van der Waals surface area (Å²) >= 11 is 1.91. The quantitative estimate of drug-likeness (QED) is 0.700. The molecule has 0 aliphatic carbocycles. The summed E-state index contributed by atoms with van der Waals surface area (Å²) < 4.78 is 1.79. The van der Waals surface area contributed by atoms with Crippen LogP contribution in [-0.4, -0.2) is 37.6 Å². The molecule has 0 amide bonds. The number of aromatic nitrogens is 3. The van der Waals surface area contributed by atoms with Gasteiger partial charge in [0.25, 0.3) is 0 Å². The second-order valence-corrected chi connectivity index (χ2v) is 4.81. The normalized spacial score (nSPS) is 10.6. The molecule has 0 spiro atoms. The largest absolute Gasteiger partial charge is 0.481 e. The van der Waals surface area contributed by atoms with Crippen LogP contribution in [0.4, 0.5) is 0 Å². The van der Waals surface area contributed by atoms with E-state index in [9.17, 15) is 4.79 Å². The molecule has 0 aromatic carbocycles. The van der Waals surface area contributed by atoms with Gasteiger partial charge in [0.05, 0.1) is 12.1 Å². The van der Waals surface area contributed by atoms with Crippen molar-refractivity contribution in [1.82, 2.24) is 15.0 Å². The predicted octanol–water partition coefficient (Wildman–Crippen LogP) is 1.44. The van der Waals surface area contributed by atoms with Crippen LogP contribution >= 0.6 is 11.8 Å². The van der Waals surface area contributed by atoms with E-state index in [1.807, 2.05) is 18.0 Å². The van der Waals surface area contributed by atoms with E-state index in [2.05, 4.69) is 17.2 Å². The maximum absolute atomic E-state index is 10.4. The zero-order valence-corrected chi connectivity index (χ0v) is 10.2. The molecule has 1 aromatic rings. The number of carbonyl (C=O) groups is 1. The molecule has 0 bridgehead atoms. The third-order valence-electron chi connectivity index (χ3n) is 2.06. The Morgan fingerprint density at radius 1 is 1.62 bits per heavy atom. The van der Waals surface area contributed by atoms with Crippen molar-refractivity contribution in [3.63, 3.8) is 0 Å². The van der Waals surface area contributed by atoms with Gasteiger partial charge in [-0.15, -0.1) is 5.10 Å². The average molecular weight is 243 g/mol. The highest BCUT2D eigenvalue weighted by atomic mass is 32.2. The molecular formula is C10H17N3O2S. The molecule has 0 radical (unpaired) electrons. The van der Waals surface area contributed by atoms with Crippen LogP contribution in [0.2, 0.25) is 0 Å². The molecule has 0 atom stereocenters. The minimum atomic E-state index is -0.797. The van der Waals surface area contributed by atoms with E-state index in [-0.39, 0.29) is 6.42 Å². The number of rotatable bonds is 8. The lowest BCUT2D eigenvalue weighted by Crippen LogP contribution is -2.00. The Morgan fingerprint density at radius 3 is 3.12 bits per heavy atom. The molecule has 0 unspecified atom stereocenters. The number of nitrogens with zero attached hydrogens (tertiary/aromatic N) is 3. The van der Waals surface area contributed by atoms with Gasteiger partial charge in [-0.05, 0) is 17.9 Å². The van der Waals surface area contributed by atoms with E-state index in [0.29, 0.717) is 6.42 Å². The Bertz CT molecular complexity index is 328. The maximum atomic E-state index is 10.4. The van der Waals surface area contributed by atoms with E-state index < -0.39 is 5.97 Å². The summed E-state index contributed by atoms with van der Waals surface area (Å²) in [4.78, 5) is 10.4. The summed E-state index contributed by atoms with van der Waals surface area (Å²) in [5.74, 6) is 1.47. The highest BCUT2D eigenvalue weighted by molar-refractivity contribution is 7.99. The predicted molar refractivity (Wildman–Crippen MR) is 63.6 cm³/mol. The van der Waals surface area contributed by atoms with Gasteiger partial charge >= 0.3 is 5.97 Å². The number of aryl methyl sites for hydroxylation is 2. The number of aliphatic carboxylic acids is 1. The Balaban J connectivity index is 2.25. The molecule has 0 saturated heterocycles. The van der Waals surface area contributed by atoms with Crippen molar-refractivity contribution < 1.29 is 9.90 Å². The zero-order chi connectivity index (χ0) is 11.8. The molecule has 0 saturated carbocycles. The third-order valence-corrected chi connectivity index (χ3v) is 3.05. The topological polar surface area (TPSA) is 68.0 Å². The van der Waals surface area contributed by atoms with Crippen molar-refractivity contribution in [2.45, 2.75) is 32.7 Å². The van der Waals surface area contributed by atoms with Crippen molar-refractivity contribution in [3.8, 4) is 0 Å². The van der Waals surface area contributed by atoms with Gasteiger partial charge in [-0.1, -0.05) is 12.1 Å². The highest BCUT2D eigenvalue weighted by Gasteiger charge is 2.03.